The van der Waals surface area contributed by atoms with Crippen molar-refractivity contribution in [3.05, 3.63) is 23.8 Å². The second-order valence-corrected chi connectivity index (χ2v) is 5.67. The van der Waals surface area contributed by atoms with Crippen LogP contribution in [0.4, 0.5) is 10.5 Å². The number of nitrogens with zero attached hydrogens (tertiary/aromatic N) is 1. The highest BCUT2D eigenvalue weighted by Crippen LogP contribution is 2.35. The first-order valence-corrected chi connectivity index (χ1v) is 7.18. The second kappa shape index (κ2) is 4.15. The molecule has 4 heteroatoms. The number of hydrogen-bond donors (Lipinski definition) is 1. The summed E-state index contributed by atoms with van der Waals surface area (Å²) in [6.07, 6.45) is 5.62. The molecule has 0 radical (unpaired) electrons. The molecule has 0 bridgehead atoms. The molecule has 1 aromatic carbocycles. The minimum atomic E-state index is 0.0655. The highest BCUT2D eigenvalue weighted by molar-refractivity contribution is 5.95. The Morgan fingerprint density at radius 1 is 1.26 bits per heavy atom. The Hall–Kier alpha value is -1.71. The van der Waals surface area contributed by atoms with Crippen molar-refractivity contribution in [2.24, 2.45) is 0 Å². The number of nitrogens with one attached hydrogen (secondary N) is 1. The maximum absolute atomic E-state index is 12.2. The number of carbonyl (C=O) groups excluding carboxylic acids is 1. The van der Waals surface area contributed by atoms with Gasteiger partial charge in [-0.25, -0.2) is 4.79 Å². The highest BCUT2D eigenvalue weighted by Gasteiger charge is 2.41. The number of carbonyl (C=O) groups is 1. The molecule has 0 unspecified atom stereocenters. The fourth-order valence-electron chi connectivity index (χ4n) is 3.60. The molecule has 4 rings (SSSR count). The molecule has 3 aliphatic rings. The Bertz CT molecular complexity index is 529. The van der Waals surface area contributed by atoms with Gasteiger partial charge in [0.05, 0.1) is 18.7 Å². The lowest BCUT2D eigenvalue weighted by Crippen LogP contribution is -2.39. The molecular weight excluding hydrogens is 240 g/mol. The minimum Gasteiger partial charge on any atom is -0.493 e. The number of amides is 2. The molecule has 1 aliphatic carbocycles. The third kappa shape index (κ3) is 1.70. The number of ether oxygens (including phenoxy) is 1. The van der Waals surface area contributed by atoms with E-state index in [0.717, 1.165) is 37.3 Å². The molecule has 0 aromatic heterocycles. The number of fused-ring (bicyclic) bond motifs is 2. The van der Waals surface area contributed by atoms with Gasteiger partial charge in [0.1, 0.15) is 5.75 Å². The van der Waals surface area contributed by atoms with Crippen LogP contribution in [-0.2, 0) is 6.42 Å². The van der Waals surface area contributed by atoms with Crippen molar-refractivity contribution in [2.45, 2.75) is 44.2 Å². The first-order valence-electron chi connectivity index (χ1n) is 7.18. The number of anilines is 1. The SMILES string of the molecule is O=C1N[C@H]2CCCC[C@@H]2N1c1ccc2c(c1)CCO2. The molecule has 4 nitrogen and oxygen atoms in total. The third-order valence-corrected chi connectivity index (χ3v) is 4.54. The second-order valence-electron chi connectivity index (χ2n) is 5.67. The summed E-state index contributed by atoms with van der Waals surface area (Å²) < 4.78 is 5.53. The number of urea groups is 1. The molecular formula is C15H18N2O2. The zero-order valence-corrected chi connectivity index (χ0v) is 10.9. The zero-order valence-electron chi connectivity index (χ0n) is 10.9. The summed E-state index contributed by atoms with van der Waals surface area (Å²) in [5.74, 6) is 0.976. The summed E-state index contributed by atoms with van der Waals surface area (Å²) in [5, 5.41) is 3.13. The Labute approximate surface area is 112 Å². The van der Waals surface area contributed by atoms with Gasteiger partial charge in [-0.05, 0) is 36.6 Å². The fourth-order valence-corrected chi connectivity index (χ4v) is 3.60. The van der Waals surface area contributed by atoms with Gasteiger partial charge >= 0.3 is 6.03 Å². The van der Waals surface area contributed by atoms with Gasteiger partial charge in [-0.1, -0.05) is 12.8 Å². The quantitative estimate of drug-likeness (QED) is 0.840. The number of hydrogen-bond acceptors (Lipinski definition) is 2. The van der Waals surface area contributed by atoms with Crippen molar-refractivity contribution in [1.29, 1.82) is 0 Å². The Kier molecular flexibility index (Phi) is 2.43. The van der Waals surface area contributed by atoms with E-state index in [1.54, 1.807) is 0 Å². The van der Waals surface area contributed by atoms with Crippen LogP contribution in [0.2, 0.25) is 0 Å². The fraction of sp³-hybridized carbons (Fsp3) is 0.533. The van der Waals surface area contributed by atoms with E-state index in [1.165, 1.54) is 18.4 Å². The van der Waals surface area contributed by atoms with Crippen molar-refractivity contribution in [1.82, 2.24) is 5.32 Å². The largest absolute Gasteiger partial charge is 0.493 e. The van der Waals surface area contributed by atoms with Crippen molar-refractivity contribution in [3.8, 4) is 5.75 Å². The van der Waals surface area contributed by atoms with E-state index < -0.39 is 0 Å². The first-order chi connectivity index (χ1) is 9.33. The topological polar surface area (TPSA) is 41.6 Å². The maximum Gasteiger partial charge on any atom is 0.322 e. The first kappa shape index (κ1) is 11.1. The van der Waals surface area contributed by atoms with Crippen LogP contribution in [0.25, 0.3) is 0 Å². The molecule has 2 aliphatic heterocycles. The van der Waals surface area contributed by atoms with E-state index in [1.807, 2.05) is 17.0 Å². The summed E-state index contributed by atoms with van der Waals surface area (Å²) >= 11 is 0. The van der Waals surface area contributed by atoms with E-state index in [2.05, 4.69) is 11.4 Å². The summed E-state index contributed by atoms with van der Waals surface area (Å²) in [7, 11) is 0. The van der Waals surface area contributed by atoms with E-state index in [-0.39, 0.29) is 6.03 Å². The maximum atomic E-state index is 12.2. The number of rotatable bonds is 1. The predicted octanol–water partition coefficient (Wildman–Crippen LogP) is 2.46. The smallest absolute Gasteiger partial charge is 0.322 e. The summed E-state index contributed by atoms with van der Waals surface area (Å²) in [4.78, 5) is 14.2. The van der Waals surface area contributed by atoms with Crippen molar-refractivity contribution >= 4 is 11.7 Å². The molecule has 19 heavy (non-hydrogen) atoms. The number of benzene rings is 1. The molecule has 2 atom stereocenters. The van der Waals surface area contributed by atoms with Crippen LogP contribution >= 0.6 is 0 Å². The van der Waals surface area contributed by atoms with Crippen LogP contribution in [0.1, 0.15) is 31.2 Å². The molecule has 0 spiro atoms. The van der Waals surface area contributed by atoms with Gasteiger partial charge in [-0.3, -0.25) is 4.90 Å². The normalized spacial score (nSPS) is 28.6. The lowest BCUT2D eigenvalue weighted by molar-refractivity contribution is 0.250. The molecule has 2 heterocycles. The van der Waals surface area contributed by atoms with Gasteiger partial charge < -0.3 is 10.1 Å². The average molecular weight is 258 g/mol. The van der Waals surface area contributed by atoms with E-state index in [4.69, 9.17) is 4.74 Å². The van der Waals surface area contributed by atoms with Gasteiger partial charge in [0, 0.05) is 12.1 Å². The summed E-state index contributed by atoms with van der Waals surface area (Å²) in [5.41, 5.74) is 2.25. The lowest BCUT2D eigenvalue weighted by atomic mass is 9.91. The predicted molar refractivity (Wildman–Crippen MR) is 72.7 cm³/mol. The molecule has 1 aromatic rings. The van der Waals surface area contributed by atoms with Gasteiger partial charge in [0.25, 0.3) is 0 Å². The van der Waals surface area contributed by atoms with Crippen LogP contribution < -0.4 is 15.0 Å². The zero-order chi connectivity index (χ0) is 12.8. The monoisotopic (exact) mass is 258 g/mol. The van der Waals surface area contributed by atoms with Crippen molar-refractivity contribution < 1.29 is 9.53 Å². The molecule has 1 saturated carbocycles. The van der Waals surface area contributed by atoms with Gasteiger partial charge in [0.15, 0.2) is 0 Å². The summed E-state index contributed by atoms with van der Waals surface area (Å²) in [6, 6.07) is 6.88. The molecule has 1 N–H and O–H groups in total. The molecule has 2 fully saturated rings. The van der Waals surface area contributed by atoms with Crippen molar-refractivity contribution in [2.75, 3.05) is 11.5 Å². The molecule has 100 valence electrons. The highest BCUT2D eigenvalue weighted by atomic mass is 16.5. The van der Waals surface area contributed by atoms with Crippen LogP contribution in [0.15, 0.2) is 18.2 Å². The van der Waals surface area contributed by atoms with Gasteiger partial charge in [0.2, 0.25) is 0 Å². The van der Waals surface area contributed by atoms with Crippen molar-refractivity contribution in [3.63, 3.8) is 0 Å². The van der Waals surface area contributed by atoms with E-state index in [9.17, 15) is 4.79 Å². The van der Waals surface area contributed by atoms with Crippen LogP contribution in [0.3, 0.4) is 0 Å². The van der Waals surface area contributed by atoms with Crippen LogP contribution in [0, 0.1) is 0 Å². The van der Waals surface area contributed by atoms with Crippen LogP contribution in [-0.4, -0.2) is 24.7 Å². The molecule has 1 saturated heterocycles. The Balaban J connectivity index is 1.69. The minimum absolute atomic E-state index is 0.0655. The Morgan fingerprint density at radius 2 is 2.16 bits per heavy atom. The van der Waals surface area contributed by atoms with Crippen LogP contribution in [0.5, 0.6) is 5.75 Å². The summed E-state index contributed by atoms with van der Waals surface area (Å²) in [6.45, 7) is 0.761. The Morgan fingerprint density at radius 3 is 3.11 bits per heavy atom. The average Bonchev–Trinajstić information content (AvgIpc) is 3.00. The van der Waals surface area contributed by atoms with Gasteiger partial charge in [-0.15, -0.1) is 0 Å². The standard InChI is InChI=1S/C15H18N2O2/c18-15-16-12-3-1-2-4-13(12)17(15)11-5-6-14-10(9-11)7-8-19-14/h5-6,9,12-13H,1-4,7-8H2,(H,16,18)/t12-,13-/m0/s1. The molecule has 2 amide bonds. The van der Waals surface area contributed by atoms with Gasteiger partial charge in [-0.2, -0.15) is 0 Å². The third-order valence-electron chi connectivity index (χ3n) is 4.54. The van der Waals surface area contributed by atoms with E-state index >= 15 is 0 Å². The lowest BCUT2D eigenvalue weighted by Gasteiger charge is -2.30. The van der Waals surface area contributed by atoms with E-state index in [0.29, 0.717) is 12.1 Å².